The second kappa shape index (κ2) is 7.44. The van der Waals surface area contributed by atoms with Crippen molar-refractivity contribution < 1.29 is 23.7 Å². The molecule has 1 aromatic heterocycles. The molecule has 1 aromatic carbocycles. The summed E-state index contributed by atoms with van der Waals surface area (Å²) in [5.74, 6) is 0.274. The van der Waals surface area contributed by atoms with Gasteiger partial charge in [-0.3, -0.25) is 20.2 Å². The molecule has 0 saturated carbocycles. The Kier molecular flexibility index (Phi) is 5.35. The minimum absolute atomic E-state index is 0.0993. The van der Waals surface area contributed by atoms with E-state index in [1.54, 1.807) is 6.07 Å². The van der Waals surface area contributed by atoms with E-state index in [-0.39, 0.29) is 35.6 Å². The van der Waals surface area contributed by atoms with E-state index in [9.17, 15) is 14.9 Å². The molecule has 0 unspecified atom stereocenters. The van der Waals surface area contributed by atoms with Crippen molar-refractivity contribution in [3.05, 3.63) is 40.1 Å². The topological polar surface area (TPSA) is 117 Å². The Labute approximate surface area is 137 Å². The third-order valence-electron chi connectivity index (χ3n) is 3.10. The van der Waals surface area contributed by atoms with Crippen molar-refractivity contribution in [2.24, 2.45) is 0 Å². The van der Waals surface area contributed by atoms with Crippen LogP contribution in [0, 0.1) is 10.1 Å². The van der Waals surface area contributed by atoms with E-state index in [1.165, 1.54) is 25.3 Å². The van der Waals surface area contributed by atoms with Crippen LogP contribution in [0.4, 0.5) is 11.6 Å². The van der Waals surface area contributed by atoms with Crippen LogP contribution in [0.3, 0.4) is 0 Å². The number of rotatable bonds is 7. The maximum absolute atomic E-state index is 11.9. The van der Waals surface area contributed by atoms with Crippen LogP contribution < -0.4 is 14.8 Å². The third-order valence-corrected chi connectivity index (χ3v) is 3.10. The molecule has 0 aliphatic rings. The summed E-state index contributed by atoms with van der Waals surface area (Å²) in [6.45, 7) is 3.53. The molecule has 9 nitrogen and oxygen atoms in total. The normalized spacial score (nSPS) is 10.5. The second-order valence-corrected chi connectivity index (χ2v) is 5.20. The molecule has 0 atom stereocenters. The van der Waals surface area contributed by atoms with Crippen molar-refractivity contribution in [3.8, 4) is 11.5 Å². The summed E-state index contributed by atoms with van der Waals surface area (Å²) in [7, 11) is 1.40. The number of ether oxygens (including phenoxy) is 2. The number of anilines is 1. The average Bonchev–Trinajstić information content (AvgIpc) is 3.01. The van der Waals surface area contributed by atoms with Crippen molar-refractivity contribution in [1.82, 2.24) is 5.16 Å². The molecular formula is C15H17N3O6. The van der Waals surface area contributed by atoms with Crippen LogP contribution in [0.1, 0.15) is 25.5 Å². The highest BCUT2D eigenvalue weighted by Crippen LogP contribution is 2.31. The highest BCUT2D eigenvalue weighted by atomic mass is 16.6. The van der Waals surface area contributed by atoms with Gasteiger partial charge < -0.3 is 14.0 Å². The van der Waals surface area contributed by atoms with E-state index < -0.39 is 10.8 Å². The standard InChI is InChI=1S/C15H17N3O6/c1-9(2)11-7-15(24-17-11)16-14(19)8-23-13-6-10(18(20)21)4-5-12(13)22-3/h4-7,9H,8H2,1-3H3,(H,16,19). The Bertz CT molecular complexity index is 741. The van der Waals surface area contributed by atoms with Gasteiger partial charge in [0.05, 0.1) is 23.8 Å². The van der Waals surface area contributed by atoms with Gasteiger partial charge in [-0.25, -0.2) is 0 Å². The molecule has 0 aliphatic carbocycles. The number of aromatic nitrogens is 1. The number of nitrogens with one attached hydrogen (secondary N) is 1. The molecular weight excluding hydrogens is 318 g/mol. The number of benzene rings is 1. The van der Waals surface area contributed by atoms with Crippen molar-refractivity contribution in [3.63, 3.8) is 0 Å². The first-order valence-electron chi connectivity index (χ1n) is 7.12. The summed E-state index contributed by atoms with van der Waals surface area (Å²) in [5, 5.41) is 17.1. The number of hydrogen-bond donors (Lipinski definition) is 1. The van der Waals surface area contributed by atoms with Crippen LogP contribution >= 0.6 is 0 Å². The van der Waals surface area contributed by atoms with Gasteiger partial charge in [0, 0.05) is 12.1 Å². The van der Waals surface area contributed by atoms with Crippen molar-refractivity contribution in [1.29, 1.82) is 0 Å². The van der Waals surface area contributed by atoms with Gasteiger partial charge in [0.15, 0.2) is 18.1 Å². The number of carbonyl (C=O) groups is 1. The van der Waals surface area contributed by atoms with Gasteiger partial charge in [-0.05, 0) is 12.0 Å². The van der Waals surface area contributed by atoms with Crippen molar-refractivity contribution in [2.45, 2.75) is 19.8 Å². The Hall–Kier alpha value is -3.10. The first-order valence-corrected chi connectivity index (χ1v) is 7.12. The highest BCUT2D eigenvalue weighted by molar-refractivity contribution is 5.90. The summed E-state index contributed by atoms with van der Waals surface area (Å²) in [6.07, 6.45) is 0. The van der Waals surface area contributed by atoms with Gasteiger partial charge in [0.1, 0.15) is 0 Å². The highest BCUT2D eigenvalue weighted by Gasteiger charge is 2.15. The minimum atomic E-state index is -0.561. The van der Waals surface area contributed by atoms with Crippen LogP contribution in [0.5, 0.6) is 11.5 Å². The largest absolute Gasteiger partial charge is 0.493 e. The molecule has 24 heavy (non-hydrogen) atoms. The van der Waals surface area contributed by atoms with Gasteiger partial charge in [-0.1, -0.05) is 19.0 Å². The van der Waals surface area contributed by atoms with Gasteiger partial charge in [0.25, 0.3) is 11.6 Å². The van der Waals surface area contributed by atoms with Gasteiger partial charge in [-0.2, -0.15) is 0 Å². The number of nitro benzene ring substituents is 1. The zero-order chi connectivity index (χ0) is 17.7. The quantitative estimate of drug-likeness (QED) is 0.610. The molecule has 0 fully saturated rings. The van der Waals surface area contributed by atoms with Crippen LogP contribution in [0.2, 0.25) is 0 Å². The lowest BCUT2D eigenvalue weighted by atomic mass is 10.1. The molecule has 0 radical (unpaired) electrons. The molecule has 128 valence electrons. The number of nitrogens with zero attached hydrogens (tertiary/aromatic N) is 2. The van der Waals surface area contributed by atoms with E-state index in [2.05, 4.69) is 10.5 Å². The minimum Gasteiger partial charge on any atom is -0.493 e. The molecule has 2 aromatic rings. The summed E-state index contributed by atoms with van der Waals surface area (Å²) >= 11 is 0. The fraction of sp³-hybridized carbons (Fsp3) is 0.333. The molecule has 0 spiro atoms. The lowest BCUT2D eigenvalue weighted by molar-refractivity contribution is -0.385. The average molecular weight is 335 g/mol. The molecule has 1 amide bonds. The van der Waals surface area contributed by atoms with Crippen LogP contribution in [-0.4, -0.2) is 29.7 Å². The van der Waals surface area contributed by atoms with Crippen molar-refractivity contribution >= 4 is 17.5 Å². The predicted octanol–water partition coefficient (Wildman–Crippen LogP) is 2.73. The molecule has 0 saturated heterocycles. The summed E-state index contributed by atoms with van der Waals surface area (Å²) in [5.41, 5.74) is 0.551. The number of carbonyl (C=O) groups excluding carboxylic acids is 1. The fourth-order valence-corrected chi connectivity index (χ4v) is 1.83. The molecule has 1 N–H and O–H groups in total. The summed E-state index contributed by atoms with van der Waals surface area (Å²) in [4.78, 5) is 22.1. The molecule has 1 heterocycles. The van der Waals surface area contributed by atoms with E-state index in [0.29, 0.717) is 5.69 Å². The molecule has 2 rings (SSSR count). The maximum atomic E-state index is 11.9. The number of amides is 1. The van der Waals surface area contributed by atoms with E-state index in [1.807, 2.05) is 13.8 Å². The number of methoxy groups -OCH3 is 1. The number of hydrogen-bond acceptors (Lipinski definition) is 7. The second-order valence-electron chi connectivity index (χ2n) is 5.20. The van der Waals surface area contributed by atoms with Gasteiger partial charge in [-0.15, -0.1) is 0 Å². The first-order chi connectivity index (χ1) is 11.4. The number of non-ortho nitro benzene ring substituents is 1. The SMILES string of the molecule is COc1ccc([N+](=O)[O-])cc1OCC(=O)Nc1cc(C(C)C)no1. The lowest BCUT2D eigenvalue weighted by Crippen LogP contribution is -2.20. The van der Waals surface area contributed by atoms with E-state index >= 15 is 0 Å². The first kappa shape index (κ1) is 17.3. The maximum Gasteiger partial charge on any atom is 0.273 e. The summed E-state index contributed by atoms with van der Waals surface area (Å²) < 4.78 is 15.3. The monoisotopic (exact) mass is 335 g/mol. The molecule has 0 bridgehead atoms. The third kappa shape index (κ3) is 4.22. The van der Waals surface area contributed by atoms with Crippen LogP contribution in [-0.2, 0) is 4.79 Å². The number of nitro groups is 1. The van der Waals surface area contributed by atoms with Crippen molar-refractivity contribution in [2.75, 3.05) is 19.0 Å². The molecule has 0 aliphatic heterocycles. The smallest absolute Gasteiger partial charge is 0.273 e. The Morgan fingerprint density at radius 1 is 1.38 bits per heavy atom. The molecule has 9 heteroatoms. The zero-order valence-electron chi connectivity index (χ0n) is 13.4. The predicted molar refractivity (Wildman–Crippen MR) is 84.4 cm³/mol. The van der Waals surface area contributed by atoms with E-state index in [4.69, 9.17) is 14.0 Å². The lowest BCUT2D eigenvalue weighted by Gasteiger charge is -2.09. The Morgan fingerprint density at radius 3 is 2.71 bits per heavy atom. The summed E-state index contributed by atoms with van der Waals surface area (Å²) in [6, 6.07) is 5.50. The van der Waals surface area contributed by atoms with Crippen LogP contribution in [0.15, 0.2) is 28.8 Å². The fourth-order valence-electron chi connectivity index (χ4n) is 1.83. The Balaban J connectivity index is 2.00. The van der Waals surface area contributed by atoms with E-state index in [0.717, 1.165) is 0 Å². The van der Waals surface area contributed by atoms with Gasteiger partial charge in [0.2, 0.25) is 5.88 Å². The Morgan fingerprint density at radius 2 is 2.12 bits per heavy atom. The van der Waals surface area contributed by atoms with Crippen LogP contribution in [0.25, 0.3) is 0 Å². The van der Waals surface area contributed by atoms with Gasteiger partial charge >= 0.3 is 0 Å². The zero-order valence-corrected chi connectivity index (χ0v) is 13.4.